The van der Waals surface area contributed by atoms with E-state index >= 15 is 0 Å². The minimum absolute atomic E-state index is 0.0909. The standard InChI is InChI=1S/C12H30N4/c1-12(2,9-14)11(16(5)6)10(7-8-13)15(3)4/h10-11H,7-9,13-14H2,1-6H3. The van der Waals surface area contributed by atoms with Crippen LogP contribution in [0.3, 0.4) is 0 Å². The van der Waals surface area contributed by atoms with Gasteiger partial charge in [-0.2, -0.15) is 0 Å². The first-order chi connectivity index (χ1) is 7.27. The van der Waals surface area contributed by atoms with E-state index in [4.69, 9.17) is 11.5 Å². The SMILES string of the molecule is CN(C)C(CCN)C(N(C)C)C(C)(C)CN. The third-order valence-electron chi connectivity index (χ3n) is 3.37. The van der Waals surface area contributed by atoms with Crippen molar-refractivity contribution >= 4 is 0 Å². The molecule has 0 heterocycles. The first-order valence-corrected chi connectivity index (χ1v) is 6.01. The van der Waals surface area contributed by atoms with E-state index in [1.54, 1.807) is 0 Å². The zero-order chi connectivity index (χ0) is 12.9. The predicted octanol–water partition coefficient (Wildman–Crippen LogP) is 0.181. The number of hydrogen-bond donors (Lipinski definition) is 2. The molecule has 0 aromatic carbocycles. The molecule has 0 rings (SSSR count). The Morgan fingerprint density at radius 1 is 1.00 bits per heavy atom. The van der Waals surface area contributed by atoms with Crippen LogP contribution in [0.25, 0.3) is 0 Å². The molecular formula is C12H30N4. The van der Waals surface area contributed by atoms with Gasteiger partial charge in [0.15, 0.2) is 0 Å². The van der Waals surface area contributed by atoms with Crippen molar-refractivity contribution in [1.29, 1.82) is 0 Å². The fourth-order valence-corrected chi connectivity index (χ4v) is 2.55. The van der Waals surface area contributed by atoms with Crippen molar-refractivity contribution in [2.45, 2.75) is 32.4 Å². The Bertz CT molecular complexity index is 189. The van der Waals surface area contributed by atoms with Crippen LogP contribution < -0.4 is 11.5 Å². The van der Waals surface area contributed by atoms with Gasteiger partial charge in [-0.3, -0.25) is 0 Å². The number of rotatable bonds is 7. The maximum absolute atomic E-state index is 5.90. The monoisotopic (exact) mass is 230 g/mol. The molecule has 0 radical (unpaired) electrons. The molecule has 0 bridgehead atoms. The Labute approximate surface area is 101 Å². The summed E-state index contributed by atoms with van der Waals surface area (Å²) in [5.74, 6) is 0. The van der Waals surface area contributed by atoms with E-state index in [0.717, 1.165) is 6.42 Å². The topological polar surface area (TPSA) is 58.5 Å². The van der Waals surface area contributed by atoms with Gasteiger partial charge in [0.05, 0.1) is 0 Å². The van der Waals surface area contributed by atoms with Gasteiger partial charge < -0.3 is 21.3 Å². The third kappa shape index (κ3) is 4.01. The summed E-state index contributed by atoms with van der Waals surface area (Å²) in [7, 11) is 8.47. The number of nitrogens with zero attached hydrogens (tertiary/aromatic N) is 2. The lowest BCUT2D eigenvalue weighted by Crippen LogP contribution is -2.57. The lowest BCUT2D eigenvalue weighted by atomic mass is 9.78. The van der Waals surface area contributed by atoms with Crippen LogP contribution in [0.1, 0.15) is 20.3 Å². The van der Waals surface area contributed by atoms with Gasteiger partial charge in [0.1, 0.15) is 0 Å². The first kappa shape index (κ1) is 15.8. The summed E-state index contributed by atoms with van der Waals surface area (Å²) in [4.78, 5) is 4.53. The van der Waals surface area contributed by atoms with Crippen LogP contribution in [0, 0.1) is 5.41 Å². The first-order valence-electron chi connectivity index (χ1n) is 6.01. The second-order valence-corrected chi connectivity index (χ2v) is 5.71. The van der Waals surface area contributed by atoms with Crippen LogP contribution in [0.5, 0.6) is 0 Å². The Morgan fingerprint density at radius 3 is 1.75 bits per heavy atom. The van der Waals surface area contributed by atoms with E-state index < -0.39 is 0 Å². The van der Waals surface area contributed by atoms with Crippen molar-refractivity contribution in [2.75, 3.05) is 41.3 Å². The van der Waals surface area contributed by atoms with E-state index in [2.05, 4.69) is 51.8 Å². The normalized spacial score (nSPS) is 16.9. The van der Waals surface area contributed by atoms with Gasteiger partial charge in [0.2, 0.25) is 0 Å². The van der Waals surface area contributed by atoms with Gasteiger partial charge in [-0.1, -0.05) is 13.8 Å². The van der Waals surface area contributed by atoms with Crippen LogP contribution in [0.4, 0.5) is 0 Å². The number of hydrogen-bond acceptors (Lipinski definition) is 4. The van der Waals surface area contributed by atoms with Crippen molar-refractivity contribution in [3.8, 4) is 0 Å². The summed E-state index contributed by atoms with van der Waals surface area (Å²) in [5, 5.41) is 0. The van der Waals surface area contributed by atoms with E-state index in [1.807, 2.05) is 0 Å². The molecule has 0 fully saturated rings. The summed E-state index contributed by atoms with van der Waals surface area (Å²) >= 11 is 0. The molecule has 0 saturated carbocycles. The van der Waals surface area contributed by atoms with Crippen LogP contribution >= 0.6 is 0 Å². The van der Waals surface area contributed by atoms with Crippen molar-refractivity contribution < 1.29 is 0 Å². The minimum Gasteiger partial charge on any atom is -0.330 e. The quantitative estimate of drug-likeness (QED) is 0.655. The fraction of sp³-hybridized carbons (Fsp3) is 1.00. The van der Waals surface area contributed by atoms with Gasteiger partial charge in [-0.15, -0.1) is 0 Å². The summed E-state index contributed by atoms with van der Waals surface area (Å²) in [6.45, 7) is 5.86. The van der Waals surface area contributed by atoms with Crippen molar-refractivity contribution in [1.82, 2.24) is 9.80 Å². The van der Waals surface area contributed by atoms with E-state index in [-0.39, 0.29) is 5.41 Å². The molecule has 16 heavy (non-hydrogen) atoms. The highest BCUT2D eigenvalue weighted by molar-refractivity contribution is 4.93. The van der Waals surface area contributed by atoms with Crippen LogP contribution in [0.15, 0.2) is 0 Å². The average Bonchev–Trinajstić information content (AvgIpc) is 2.16. The van der Waals surface area contributed by atoms with E-state index in [0.29, 0.717) is 25.2 Å². The molecule has 4 heteroatoms. The van der Waals surface area contributed by atoms with Crippen molar-refractivity contribution in [3.05, 3.63) is 0 Å². The molecule has 0 aliphatic heterocycles. The number of nitrogens with two attached hydrogens (primary N) is 2. The van der Waals surface area contributed by atoms with Gasteiger partial charge in [0, 0.05) is 12.1 Å². The van der Waals surface area contributed by atoms with E-state index in [1.165, 1.54) is 0 Å². The van der Waals surface area contributed by atoms with Gasteiger partial charge in [-0.05, 0) is 53.1 Å². The fourth-order valence-electron chi connectivity index (χ4n) is 2.55. The molecule has 98 valence electrons. The zero-order valence-corrected chi connectivity index (χ0v) is 11.8. The van der Waals surface area contributed by atoms with Crippen LogP contribution in [-0.4, -0.2) is 63.2 Å². The smallest absolute Gasteiger partial charge is 0.0308 e. The second-order valence-electron chi connectivity index (χ2n) is 5.71. The number of likely N-dealkylation sites (N-methyl/N-ethyl adjacent to an activating group) is 2. The largest absolute Gasteiger partial charge is 0.330 e. The lowest BCUT2D eigenvalue weighted by Gasteiger charge is -2.45. The molecule has 0 aliphatic rings. The average molecular weight is 230 g/mol. The lowest BCUT2D eigenvalue weighted by molar-refractivity contribution is 0.0562. The van der Waals surface area contributed by atoms with Gasteiger partial charge in [0.25, 0.3) is 0 Å². The molecule has 2 atom stereocenters. The molecular weight excluding hydrogens is 200 g/mol. The van der Waals surface area contributed by atoms with Gasteiger partial charge >= 0.3 is 0 Å². The summed E-state index contributed by atoms with van der Waals surface area (Å²) < 4.78 is 0. The van der Waals surface area contributed by atoms with Crippen LogP contribution in [-0.2, 0) is 0 Å². The molecule has 0 aromatic heterocycles. The zero-order valence-electron chi connectivity index (χ0n) is 11.8. The van der Waals surface area contributed by atoms with Crippen molar-refractivity contribution in [3.63, 3.8) is 0 Å². The summed E-state index contributed by atoms with van der Waals surface area (Å²) in [5.41, 5.74) is 11.7. The Morgan fingerprint density at radius 2 is 1.50 bits per heavy atom. The maximum atomic E-state index is 5.90. The molecule has 0 aliphatic carbocycles. The highest BCUT2D eigenvalue weighted by Gasteiger charge is 2.36. The second kappa shape index (κ2) is 6.55. The highest BCUT2D eigenvalue weighted by Crippen LogP contribution is 2.28. The molecule has 2 unspecified atom stereocenters. The molecule has 4 N–H and O–H groups in total. The molecule has 0 amide bonds. The molecule has 4 nitrogen and oxygen atoms in total. The minimum atomic E-state index is 0.0909. The Kier molecular flexibility index (Phi) is 6.48. The Balaban J connectivity index is 4.99. The van der Waals surface area contributed by atoms with Crippen molar-refractivity contribution in [2.24, 2.45) is 16.9 Å². The Hall–Kier alpha value is -0.160. The third-order valence-corrected chi connectivity index (χ3v) is 3.37. The predicted molar refractivity (Wildman–Crippen MR) is 71.5 cm³/mol. The summed E-state index contributed by atoms with van der Waals surface area (Å²) in [6.07, 6.45) is 0.999. The maximum Gasteiger partial charge on any atom is 0.0308 e. The highest BCUT2D eigenvalue weighted by atomic mass is 15.2. The molecule has 0 saturated heterocycles. The van der Waals surface area contributed by atoms with E-state index in [9.17, 15) is 0 Å². The molecule has 0 spiro atoms. The molecule has 0 aromatic rings. The van der Waals surface area contributed by atoms with Gasteiger partial charge in [-0.25, -0.2) is 0 Å². The summed E-state index contributed by atoms with van der Waals surface area (Å²) in [6, 6.07) is 0.856. The van der Waals surface area contributed by atoms with Crippen LogP contribution in [0.2, 0.25) is 0 Å².